The molecule has 1 N–H and O–H groups in total. The zero-order valence-corrected chi connectivity index (χ0v) is 17.6. The molecule has 1 atom stereocenters. The molecule has 1 saturated heterocycles. The molecule has 8 heteroatoms. The first kappa shape index (κ1) is 19.3. The summed E-state index contributed by atoms with van der Waals surface area (Å²) in [5.41, 5.74) is 0.733. The first-order valence-electron chi connectivity index (χ1n) is 11.1. The largest absolute Gasteiger partial charge is 0.454 e. The van der Waals surface area contributed by atoms with Crippen molar-refractivity contribution in [2.24, 2.45) is 0 Å². The predicted molar refractivity (Wildman–Crippen MR) is 114 cm³/mol. The molecule has 2 amide bonds. The summed E-state index contributed by atoms with van der Waals surface area (Å²) in [6.07, 6.45) is 4.57. The Hall–Kier alpha value is -3.42. The number of nitrogens with one attached hydrogen (secondary N) is 1. The Labute approximate surface area is 185 Å². The van der Waals surface area contributed by atoms with E-state index in [0.717, 1.165) is 24.8 Å². The molecule has 3 heterocycles. The molecule has 1 aliphatic carbocycles. The van der Waals surface area contributed by atoms with Crippen LogP contribution in [0, 0.1) is 0 Å². The Morgan fingerprint density at radius 2 is 1.53 bits per heavy atom. The van der Waals surface area contributed by atoms with E-state index in [9.17, 15) is 9.59 Å². The van der Waals surface area contributed by atoms with E-state index in [4.69, 9.17) is 18.9 Å². The molecule has 0 bridgehead atoms. The van der Waals surface area contributed by atoms with Crippen LogP contribution in [0.25, 0.3) is 0 Å². The number of ether oxygens (including phenoxy) is 4. The van der Waals surface area contributed by atoms with Gasteiger partial charge >= 0.3 is 0 Å². The van der Waals surface area contributed by atoms with Gasteiger partial charge in [0.1, 0.15) is 5.54 Å². The molecule has 3 aliphatic heterocycles. The molecule has 2 fully saturated rings. The van der Waals surface area contributed by atoms with Crippen LogP contribution in [0.5, 0.6) is 23.0 Å². The zero-order chi connectivity index (χ0) is 21.7. The number of β-lactam (4-membered cyclic amide) rings is 1. The van der Waals surface area contributed by atoms with Gasteiger partial charge in [0.25, 0.3) is 0 Å². The molecule has 4 aliphatic rings. The lowest BCUT2D eigenvalue weighted by molar-refractivity contribution is -0.166. The minimum atomic E-state index is -0.870. The summed E-state index contributed by atoms with van der Waals surface area (Å²) in [5, 5.41) is 3.05. The zero-order valence-electron chi connectivity index (χ0n) is 17.6. The fourth-order valence-electron chi connectivity index (χ4n) is 5.28. The molecule has 0 unspecified atom stereocenters. The fraction of sp³-hybridized carbons (Fsp3) is 0.417. The van der Waals surface area contributed by atoms with E-state index in [1.54, 1.807) is 18.2 Å². The quantitative estimate of drug-likeness (QED) is 0.735. The molecule has 166 valence electrons. The number of carbonyl (C=O) groups is 2. The third-order valence-corrected chi connectivity index (χ3v) is 6.92. The normalized spacial score (nSPS) is 22.4. The molecule has 32 heavy (non-hydrogen) atoms. The number of fused-ring (bicyclic) bond motifs is 2. The Balaban J connectivity index is 1.30. The van der Waals surface area contributed by atoms with Gasteiger partial charge in [0.2, 0.25) is 25.4 Å². The maximum absolute atomic E-state index is 13.7. The van der Waals surface area contributed by atoms with E-state index in [1.165, 1.54) is 0 Å². The van der Waals surface area contributed by atoms with Crippen molar-refractivity contribution in [1.29, 1.82) is 0 Å². The van der Waals surface area contributed by atoms with Gasteiger partial charge in [0.15, 0.2) is 23.0 Å². The van der Waals surface area contributed by atoms with Crippen molar-refractivity contribution in [2.75, 3.05) is 18.9 Å². The van der Waals surface area contributed by atoms with Gasteiger partial charge in [-0.2, -0.15) is 0 Å². The third-order valence-electron chi connectivity index (χ3n) is 6.92. The standard InChI is InChI=1S/C24H24N2O6/c27-22-12-17(15-4-6-18-20(10-15)31-13-29-18)26(22)24(8-2-1-3-9-24)23(28)25-16-5-7-19-21(11-16)32-14-30-19/h4-7,10-11,17H,1-3,8-9,12-14H2,(H,25,28)/t17-/m0/s1. The first-order valence-corrected chi connectivity index (χ1v) is 11.1. The summed E-state index contributed by atoms with van der Waals surface area (Å²) in [4.78, 5) is 28.4. The lowest BCUT2D eigenvalue weighted by Crippen LogP contribution is -2.65. The van der Waals surface area contributed by atoms with Crippen LogP contribution in [0.3, 0.4) is 0 Å². The van der Waals surface area contributed by atoms with Crippen LogP contribution in [0.4, 0.5) is 5.69 Å². The number of amides is 2. The van der Waals surface area contributed by atoms with Gasteiger partial charge in [-0.3, -0.25) is 9.59 Å². The van der Waals surface area contributed by atoms with E-state index in [1.807, 2.05) is 23.1 Å². The molecule has 2 aromatic carbocycles. The smallest absolute Gasteiger partial charge is 0.250 e. The second-order valence-corrected chi connectivity index (χ2v) is 8.71. The van der Waals surface area contributed by atoms with E-state index < -0.39 is 5.54 Å². The fourth-order valence-corrected chi connectivity index (χ4v) is 5.28. The number of benzene rings is 2. The van der Waals surface area contributed by atoms with Gasteiger partial charge in [-0.05, 0) is 42.7 Å². The van der Waals surface area contributed by atoms with Gasteiger partial charge in [-0.1, -0.05) is 25.3 Å². The third kappa shape index (κ3) is 2.97. The minimum Gasteiger partial charge on any atom is -0.454 e. The summed E-state index contributed by atoms with van der Waals surface area (Å²) in [6.45, 7) is 0.379. The van der Waals surface area contributed by atoms with Crippen molar-refractivity contribution in [3.05, 3.63) is 42.0 Å². The van der Waals surface area contributed by atoms with Crippen LogP contribution in [0.15, 0.2) is 36.4 Å². The molecule has 6 rings (SSSR count). The summed E-state index contributed by atoms with van der Waals surface area (Å²) in [5.74, 6) is 2.53. The highest BCUT2D eigenvalue weighted by molar-refractivity contribution is 6.02. The molecule has 8 nitrogen and oxygen atoms in total. The summed E-state index contributed by atoms with van der Waals surface area (Å²) in [7, 11) is 0. The van der Waals surface area contributed by atoms with Crippen LogP contribution < -0.4 is 24.3 Å². The summed E-state index contributed by atoms with van der Waals surface area (Å²) >= 11 is 0. The summed E-state index contributed by atoms with van der Waals surface area (Å²) in [6, 6.07) is 11.0. The van der Waals surface area contributed by atoms with Crippen molar-refractivity contribution in [3.8, 4) is 23.0 Å². The number of carbonyl (C=O) groups excluding carboxylic acids is 2. The Morgan fingerprint density at radius 1 is 0.875 bits per heavy atom. The van der Waals surface area contributed by atoms with Crippen LogP contribution in [0.2, 0.25) is 0 Å². The number of rotatable bonds is 4. The maximum Gasteiger partial charge on any atom is 0.250 e. The molecular weight excluding hydrogens is 412 g/mol. The second kappa shape index (κ2) is 7.32. The maximum atomic E-state index is 13.7. The number of anilines is 1. The highest BCUT2D eigenvalue weighted by Crippen LogP contribution is 2.48. The molecule has 0 aromatic heterocycles. The van der Waals surface area contributed by atoms with Crippen LogP contribution in [-0.2, 0) is 9.59 Å². The van der Waals surface area contributed by atoms with E-state index in [2.05, 4.69) is 5.32 Å². The number of hydrogen-bond donors (Lipinski definition) is 1. The van der Waals surface area contributed by atoms with E-state index in [-0.39, 0.29) is 31.4 Å². The SMILES string of the molecule is O=C1C[C@@H](c2ccc3c(c2)OCO3)N1C1(C(=O)Nc2ccc3c(c2)OCO3)CCCCC1. The molecule has 2 aromatic rings. The average Bonchev–Trinajstić information content (AvgIpc) is 3.46. The van der Waals surface area contributed by atoms with Crippen molar-refractivity contribution in [3.63, 3.8) is 0 Å². The van der Waals surface area contributed by atoms with Crippen LogP contribution in [0.1, 0.15) is 50.1 Å². The minimum absolute atomic E-state index is 0.00963. The Kier molecular flexibility index (Phi) is 4.41. The highest BCUT2D eigenvalue weighted by Gasteiger charge is 2.55. The van der Waals surface area contributed by atoms with Gasteiger partial charge in [-0.25, -0.2) is 0 Å². The number of hydrogen-bond acceptors (Lipinski definition) is 6. The van der Waals surface area contributed by atoms with Crippen LogP contribution in [-0.4, -0.2) is 35.8 Å². The number of likely N-dealkylation sites (tertiary alicyclic amines) is 1. The lowest BCUT2D eigenvalue weighted by Gasteiger charge is -2.54. The topological polar surface area (TPSA) is 86.3 Å². The molecule has 0 spiro atoms. The highest BCUT2D eigenvalue weighted by atomic mass is 16.7. The van der Waals surface area contributed by atoms with Gasteiger partial charge in [0.05, 0.1) is 12.5 Å². The van der Waals surface area contributed by atoms with E-state index in [0.29, 0.717) is 47.9 Å². The average molecular weight is 436 g/mol. The van der Waals surface area contributed by atoms with Crippen LogP contribution >= 0.6 is 0 Å². The Morgan fingerprint density at radius 3 is 2.25 bits per heavy atom. The molecule has 1 saturated carbocycles. The van der Waals surface area contributed by atoms with E-state index >= 15 is 0 Å². The van der Waals surface area contributed by atoms with Gasteiger partial charge in [-0.15, -0.1) is 0 Å². The monoisotopic (exact) mass is 436 g/mol. The number of nitrogens with zero attached hydrogens (tertiary/aromatic N) is 1. The Bertz CT molecular complexity index is 1090. The molecule has 0 radical (unpaired) electrons. The molecular formula is C24H24N2O6. The van der Waals surface area contributed by atoms with Crippen molar-refractivity contribution in [1.82, 2.24) is 4.90 Å². The van der Waals surface area contributed by atoms with Crippen molar-refractivity contribution in [2.45, 2.75) is 50.1 Å². The predicted octanol–water partition coefficient (Wildman–Crippen LogP) is 3.76. The van der Waals surface area contributed by atoms with Crippen molar-refractivity contribution < 1.29 is 28.5 Å². The van der Waals surface area contributed by atoms with Crippen molar-refractivity contribution >= 4 is 17.5 Å². The van der Waals surface area contributed by atoms with Gasteiger partial charge in [0, 0.05) is 11.8 Å². The summed E-state index contributed by atoms with van der Waals surface area (Å²) < 4.78 is 21.7. The second-order valence-electron chi connectivity index (χ2n) is 8.71. The lowest BCUT2D eigenvalue weighted by atomic mass is 9.74. The van der Waals surface area contributed by atoms with Gasteiger partial charge < -0.3 is 29.2 Å². The first-order chi connectivity index (χ1) is 15.6.